The number of ether oxygens (including phenoxy) is 1. The van der Waals surface area contributed by atoms with Gasteiger partial charge in [0.05, 0.1) is 12.1 Å². The van der Waals surface area contributed by atoms with Gasteiger partial charge in [0.2, 0.25) is 5.91 Å². The Bertz CT molecular complexity index is 938. The van der Waals surface area contributed by atoms with E-state index in [0.717, 1.165) is 5.56 Å². The molecule has 136 valence electrons. The average Bonchev–Trinajstić information content (AvgIpc) is 2.81. The molecule has 0 saturated heterocycles. The molecule has 26 heavy (non-hydrogen) atoms. The molecule has 0 radical (unpaired) electrons. The molecule has 1 N–H and O–H groups in total. The Balaban J connectivity index is 1.52. The largest absolute Gasteiger partial charge is 0.492 e. The number of nitrogens with zero attached hydrogens (tertiary/aromatic N) is 1. The lowest BCUT2D eigenvalue weighted by atomic mass is 10.2. The van der Waals surface area contributed by atoms with Crippen LogP contribution in [-0.4, -0.2) is 44.2 Å². The molecular formula is C18H18N2O5S. The lowest BCUT2D eigenvalue weighted by Crippen LogP contribution is -2.41. The van der Waals surface area contributed by atoms with Crippen molar-refractivity contribution in [1.29, 1.82) is 0 Å². The van der Waals surface area contributed by atoms with Crippen molar-refractivity contribution in [3.05, 3.63) is 59.7 Å². The zero-order valence-electron chi connectivity index (χ0n) is 14.1. The van der Waals surface area contributed by atoms with Gasteiger partial charge in [-0.3, -0.25) is 9.59 Å². The number of fused-ring (bicyclic) bond motifs is 1. The molecule has 1 aliphatic rings. The van der Waals surface area contributed by atoms with Crippen LogP contribution in [0.5, 0.6) is 5.75 Å². The highest BCUT2D eigenvalue weighted by Crippen LogP contribution is 2.29. The first-order valence-electron chi connectivity index (χ1n) is 8.02. The monoisotopic (exact) mass is 374 g/mol. The van der Waals surface area contributed by atoms with Crippen LogP contribution in [0.4, 0.5) is 0 Å². The number of nitrogens with one attached hydrogen (secondary N) is 1. The van der Waals surface area contributed by atoms with E-state index in [-0.39, 0.29) is 23.6 Å². The van der Waals surface area contributed by atoms with Gasteiger partial charge in [0.15, 0.2) is 0 Å². The summed E-state index contributed by atoms with van der Waals surface area (Å²) in [5, 5.41) is 2.55. The molecule has 8 heteroatoms. The SMILES string of the molecule is Cc1ccc(OCCNC(=O)CN2C(=O)c3ccccc3S2(=O)=O)cc1. The van der Waals surface area contributed by atoms with Crippen molar-refractivity contribution in [3.8, 4) is 5.75 Å². The molecule has 0 unspecified atom stereocenters. The molecule has 1 heterocycles. The van der Waals surface area contributed by atoms with Crippen molar-refractivity contribution in [2.24, 2.45) is 0 Å². The molecule has 1 aliphatic heterocycles. The van der Waals surface area contributed by atoms with Gasteiger partial charge in [-0.25, -0.2) is 12.7 Å². The van der Waals surface area contributed by atoms with Crippen molar-refractivity contribution < 1.29 is 22.7 Å². The van der Waals surface area contributed by atoms with Crippen LogP contribution >= 0.6 is 0 Å². The minimum atomic E-state index is -3.98. The van der Waals surface area contributed by atoms with Crippen LogP contribution < -0.4 is 10.1 Å². The van der Waals surface area contributed by atoms with E-state index in [4.69, 9.17) is 4.74 Å². The van der Waals surface area contributed by atoms with Gasteiger partial charge in [-0.05, 0) is 31.2 Å². The number of aryl methyl sites for hydroxylation is 1. The van der Waals surface area contributed by atoms with Gasteiger partial charge in [-0.1, -0.05) is 29.8 Å². The first-order valence-corrected chi connectivity index (χ1v) is 9.46. The van der Waals surface area contributed by atoms with E-state index in [1.165, 1.54) is 18.2 Å². The van der Waals surface area contributed by atoms with Crippen LogP contribution in [0.15, 0.2) is 53.4 Å². The van der Waals surface area contributed by atoms with Crippen LogP contribution in [-0.2, 0) is 14.8 Å². The lowest BCUT2D eigenvalue weighted by molar-refractivity contribution is -0.121. The Morgan fingerprint density at radius 2 is 1.81 bits per heavy atom. The molecule has 0 fully saturated rings. The summed E-state index contributed by atoms with van der Waals surface area (Å²) in [5.41, 5.74) is 1.20. The van der Waals surface area contributed by atoms with E-state index in [1.807, 2.05) is 31.2 Å². The topological polar surface area (TPSA) is 92.8 Å². The summed E-state index contributed by atoms with van der Waals surface area (Å²) in [6, 6.07) is 13.4. The summed E-state index contributed by atoms with van der Waals surface area (Å²) in [5.74, 6) is -0.577. The molecule has 2 aromatic carbocycles. The van der Waals surface area contributed by atoms with Crippen LogP contribution in [0.2, 0.25) is 0 Å². The Morgan fingerprint density at radius 1 is 1.12 bits per heavy atom. The maximum atomic E-state index is 12.4. The van der Waals surface area contributed by atoms with Crippen LogP contribution in [0, 0.1) is 6.92 Å². The normalized spacial score (nSPS) is 14.8. The third-order valence-corrected chi connectivity index (χ3v) is 5.70. The zero-order chi connectivity index (χ0) is 18.7. The number of sulfonamides is 1. The van der Waals surface area contributed by atoms with Crippen molar-refractivity contribution in [3.63, 3.8) is 0 Å². The van der Waals surface area contributed by atoms with Gasteiger partial charge in [0.25, 0.3) is 15.9 Å². The third kappa shape index (κ3) is 3.55. The Morgan fingerprint density at radius 3 is 2.50 bits per heavy atom. The second kappa shape index (κ2) is 7.17. The Kier molecular flexibility index (Phi) is 4.94. The summed E-state index contributed by atoms with van der Waals surface area (Å²) < 4.78 is 30.8. The van der Waals surface area contributed by atoms with Gasteiger partial charge in [-0.15, -0.1) is 0 Å². The van der Waals surface area contributed by atoms with Crippen molar-refractivity contribution in [2.75, 3.05) is 19.7 Å². The number of hydrogen-bond acceptors (Lipinski definition) is 5. The average molecular weight is 374 g/mol. The van der Waals surface area contributed by atoms with Gasteiger partial charge >= 0.3 is 0 Å². The maximum absolute atomic E-state index is 12.4. The summed E-state index contributed by atoms with van der Waals surface area (Å²) in [6.45, 7) is 1.84. The molecule has 2 aromatic rings. The minimum absolute atomic E-state index is 0.0690. The predicted molar refractivity (Wildman–Crippen MR) is 94.3 cm³/mol. The predicted octanol–water partition coefficient (Wildman–Crippen LogP) is 1.33. The highest BCUT2D eigenvalue weighted by Gasteiger charge is 2.41. The zero-order valence-corrected chi connectivity index (χ0v) is 15.0. The van der Waals surface area contributed by atoms with Gasteiger partial charge in [-0.2, -0.15) is 0 Å². The summed E-state index contributed by atoms with van der Waals surface area (Å²) in [4.78, 5) is 24.2. The van der Waals surface area contributed by atoms with Crippen molar-refractivity contribution in [1.82, 2.24) is 9.62 Å². The van der Waals surface area contributed by atoms with E-state index in [9.17, 15) is 18.0 Å². The first-order chi connectivity index (χ1) is 12.4. The molecular weight excluding hydrogens is 356 g/mol. The van der Waals surface area contributed by atoms with Crippen molar-refractivity contribution in [2.45, 2.75) is 11.8 Å². The highest BCUT2D eigenvalue weighted by molar-refractivity contribution is 7.90. The fraction of sp³-hybridized carbons (Fsp3) is 0.222. The Labute approximate surface area is 151 Å². The van der Waals surface area contributed by atoms with Gasteiger partial charge in [0, 0.05) is 0 Å². The van der Waals surface area contributed by atoms with E-state index in [2.05, 4.69) is 5.32 Å². The van der Waals surface area contributed by atoms with Crippen LogP contribution in [0.1, 0.15) is 15.9 Å². The quantitative estimate of drug-likeness (QED) is 0.770. The number of carbonyl (C=O) groups is 2. The number of rotatable bonds is 6. The number of benzene rings is 2. The maximum Gasteiger partial charge on any atom is 0.269 e. The third-order valence-electron chi connectivity index (χ3n) is 3.91. The molecule has 2 amide bonds. The van der Waals surface area contributed by atoms with E-state index < -0.39 is 28.4 Å². The van der Waals surface area contributed by atoms with E-state index >= 15 is 0 Å². The number of hydrogen-bond donors (Lipinski definition) is 1. The molecule has 0 saturated carbocycles. The highest BCUT2D eigenvalue weighted by atomic mass is 32.2. The van der Waals surface area contributed by atoms with Gasteiger partial charge in [0.1, 0.15) is 23.8 Å². The van der Waals surface area contributed by atoms with Crippen molar-refractivity contribution >= 4 is 21.8 Å². The Hall–Kier alpha value is -2.87. The summed E-state index contributed by atoms with van der Waals surface area (Å²) >= 11 is 0. The van der Waals surface area contributed by atoms with Crippen LogP contribution in [0.25, 0.3) is 0 Å². The molecule has 0 bridgehead atoms. The van der Waals surface area contributed by atoms with E-state index in [1.54, 1.807) is 6.07 Å². The molecule has 0 atom stereocenters. The summed E-state index contributed by atoms with van der Waals surface area (Å²) in [6.07, 6.45) is 0. The van der Waals surface area contributed by atoms with E-state index in [0.29, 0.717) is 10.1 Å². The second-order valence-corrected chi connectivity index (χ2v) is 7.66. The smallest absolute Gasteiger partial charge is 0.269 e. The molecule has 7 nitrogen and oxygen atoms in total. The molecule has 3 rings (SSSR count). The minimum Gasteiger partial charge on any atom is -0.492 e. The lowest BCUT2D eigenvalue weighted by Gasteiger charge is -2.15. The molecule has 0 aromatic heterocycles. The summed E-state index contributed by atoms with van der Waals surface area (Å²) in [7, 11) is -3.98. The fourth-order valence-electron chi connectivity index (χ4n) is 2.57. The van der Waals surface area contributed by atoms with Crippen LogP contribution in [0.3, 0.4) is 0 Å². The second-order valence-electron chi connectivity index (χ2n) is 5.82. The van der Waals surface area contributed by atoms with Gasteiger partial charge < -0.3 is 10.1 Å². The fourth-order valence-corrected chi connectivity index (χ4v) is 4.09. The molecule has 0 aliphatic carbocycles. The standard InChI is InChI=1S/C18H18N2O5S/c1-13-6-8-14(9-7-13)25-11-10-19-17(21)12-20-18(22)15-4-2-3-5-16(15)26(20,23)24/h2-9H,10-12H2,1H3,(H,19,21). The number of amides is 2. The number of carbonyl (C=O) groups excluding carboxylic acids is 2. The molecule has 0 spiro atoms. The first kappa shape index (κ1) is 17.9.